The molecule has 6 nitrogen and oxygen atoms in total. The molecular formula is C10H14N2O4. The first-order chi connectivity index (χ1) is 7.56. The zero-order valence-corrected chi connectivity index (χ0v) is 9.49. The van der Waals surface area contributed by atoms with Gasteiger partial charge in [-0.05, 0) is 20.8 Å². The van der Waals surface area contributed by atoms with E-state index in [9.17, 15) is 9.59 Å². The van der Waals surface area contributed by atoms with Crippen molar-refractivity contribution in [3.63, 3.8) is 0 Å². The molecule has 0 bridgehead atoms. The maximum atomic E-state index is 11.6. The molecule has 0 aliphatic carbocycles. The number of ether oxygens (including phenoxy) is 1. The third-order valence-electron chi connectivity index (χ3n) is 1.95. The number of carbonyl (C=O) groups is 2. The Bertz CT molecular complexity index is 378. The van der Waals surface area contributed by atoms with Crippen LogP contribution in [0, 0.1) is 13.8 Å². The normalized spacial score (nSPS) is 9.94. The number of amides is 1. The van der Waals surface area contributed by atoms with Gasteiger partial charge in [-0.2, -0.15) is 0 Å². The molecule has 0 unspecified atom stereocenters. The van der Waals surface area contributed by atoms with Crippen molar-refractivity contribution in [1.29, 1.82) is 0 Å². The molecule has 0 radical (unpaired) electrons. The van der Waals surface area contributed by atoms with Gasteiger partial charge in [-0.25, -0.2) is 4.79 Å². The molecule has 0 saturated heterocycles. The number of hydrogen-bond donors (Lipinski definition) is 1. The Labute approximate surface area is 92.9 Å². The molecule has 0 fully saturated rings. The fourth-order valence-corrected chi connectivity index (χ4v) is 1.23. The summed E-state index contributed by atoms with van der Waals surface area (Å²) in [4.78, 5) is 22.6. The van der Waals surface area contributed by atoms with E-state index in [0.717, 1.165) is 0 Å². The number of carbonyl (C=O) groups excluding carboxylic acids is 2. The minimum Gasteiger partial charge on any atom is -0.452 e. The number of nitrogens with zero attached hydrogens (tertiary/aromatic N) is 1. The topological polar surface area (TPSA) is 81.4 Å². The van der Waals surface area contributed by atoms with Gasteiger partial charge >= 0.3 is 5.97 Å². The van der Waals surface area contributed by atoms with Gasteiger partial charge in [-0.1, -0.05) is 5.16 Å². The SMILES string of the molecule is CCNC(=O)COC(=O)c1c(C)noc1C. The second-order valence-electron chi connectivity index (χ2n) is 3.23. The van der Waals surface area contributed by atoms with Gasteiger partial charge in [0.15, 0.2) is 6.61 Å². The number of aryl methyl sites for hydroxylation is 2. The van der Waals surface area contributed by atoms with Crippen molar-refractivity contribution >= 4 is 11.9 Å². The molecule has 6 heteroatoms. The third-order valence-corrected chi connectivity index (χ3v) is 1.95. The fraction of sp³-hybridized carbons (Fsp3) is 0.500. The first kappa shape index (κ1) is 12.2. The van der Waals surface area contributed by atoms with E-state index in [1.165, 1.54) is 0 Å². The predicted molar refractivity (Wildman–Crippen MR) is 54.9 cm³/mol. The molecule has 1 heterocycles. The van der Waals surface area contributed by atoms with Crippen LogP contribution in [0.5, 0.6) is 0 Å². The number of rotatable bonds is 4. The maximum absolute atomic E-state index is 11.6. The van der Waals surface area contributed by atoms with E-state index in [1.54, 1.807) is 20.8 Å². The van der Waals surface area contributed by atoms with Crippen molar-refractivity contribution in [2.45, 2.75) is 20.8 Å². The molecule has 0 saturated carbocycles. The fourth-order valence-electron chi connectivity index (χ4n) is 1.23. The van der Waals surface area contributed by atoms with Gasteiger partial charge < -0.3 is 14.6 Å². The first-order valence-electron chi connectivity index (χ1n) is 4.93. The van der Waals surface area contributed by atoms with E-state index < -0.39 is 5.97 Å². The van der Waals surface area contributed by atoms with Crippen molar-refractivity contribution in [1.82, 2.24) is 10.5 Å². The lowest BCUT2D eigenvalue weighted by molar-refractivity contribution is -0.124. The molecule has 0 aromatic carbocycles. The van der Waals surface area contributed by atoms with Crippen LogP contribution in [-0.4, -0.2) is 30.2 Å². The van der Waals surface area contributed by atoms with Gasteiger partial charge in [0.25, 0.3) is 5.91 Å². The van der Waals surface area contributed by atoms with Crippen LogP contribution in [0.15, 0.2) is 4.52 Å². The smallest absolute Gasteiger partial charge is 0.344 e. The molecule has 0 atom stereocenters. The van der Waals surface area contributed by atoms with Gasteiger partial charge in [0.05, 0.1) is 5.69 Å². The average Bonchev–Trinajstić information content (AvgIpc) is 2.56. The van der Waals surface area contributed by atoms with Gasteiger partial charge in [0.2, 0.25) is 0 Å². The van der Waals surface area contributed by atoms with Gasteiger partial charge in [0, 0.05) is 6.54 Å². The van der Waals surface area contributed by atoms with Crippen molar-refractivity contribution < 1.29 is 18.8 Å². The molecule has 0 aliphatic heterocycles. The Morgan fingerprint density at radius 3 is 2.62 bits per heavy atom. The summed E-state index contributed by atoms with van der Waals surface area (Å²) in [6.45, 7) is 5.24. The standard InChI is InChI=1S/C10H14N2O4/c1-4-11-8(13)5-15-10(14)9-6(2)12-16-7(9)3/h4-5H2,1-3H3,(H,11,13). The minimum atomic E-state index is -0.595. The summed E-state index contributed by atoms with van der Waals surface area (Å²) in [6.07, 6.45) is 0. The summed E-state index contributed by atoms with van der Waals surface area (Å²) in [5.41, 5.74) is 0.739. The highest BCUT2D eigenvalue weighted by Gasteiger charge is 2.19. The summed E-state index contributed by atoms with van der Waals surface area (Å²) in [5.74, 6) is -0.538. The highest BCUT2D eigenvalue weighted by Crippen LogP contribution is 2.13. The van der Waals surface area contributed by atoms with E-state index in [-0.39, 0.29) is 18.1 Å². The van der Waals surface area contributed by atoms with Crippen LogP contribution in [0.25, 0.3) is 0 Å². The molecular weight excluding hydrogens is 212 g/mol. The highest BCUT2D eigenvalue weighted by atomic mass is 16.5. The van der Waals surface area contributed by atoms with Gasteiger partial charge in [-0.15, -0.1) is 0 Å². The first-order valence-corrected chi connectivity index (χ1v) is 4.93. The lowest BCUT2D eigenvalue weighted by atomic mass is 10.2. The lowest BCUT2D eigenvalue weighted by Gasteiger charge is -2.03. The maximum Gasteiger partial charge on any atom is 0.344 e. The molecule has 16 heavy (non-hydrogen) atoms. The molecule has 0 spiro atoms. The molecule has 1 rings (SSSR count). The Morgan fingerprint density at radius 1 is 1.44 bits per heavy atom. The van der Waals surface area contributed by atoms with Crippen LogP contribution in [0.2, 0.25) is 0 Å². The summed E-state index contributed by atoms with van der Waals surface area (Å²) >= 11 is 0. The molecule has 88 valence electrons. The second kappa shape index (κ2) is 5.29. The van der Waals surface area contributed by atoms with E-state index in [0.29, 0.717) is 18.0 Å². The number of esters is 1. The van der Waals surface area contributed by atoms with Gasteiger partial charge in [-0.3, -0.25) is 4.79 Å². The Kier molecular flexibility index (Phi) is 4.04. The summed E-state index contributed by atoms with van der Waals surface area (Å²) in [7, 11) is 0. The van der Waals surface area contributed by atoms with Crippen LogP contribution in [0.1, 0.15) is 28.7 Å². The van der Waals surface area contributed by atoms with Crippen LogP contribution >= 0.6 is 0 Å². The van der Waals surface area contributed by atoms with Crippen LogP contribution < -0.4 is 5.32 Å². The quantitative estimate of drug-likeness (QED) is 0.759. The number of likely N-dealkylation sites (N-methyl/N-ethyl adjacent to an activating group) is 1. The zero-order chi connectivity index (χ0) is 12.1. The van der Waals surface area contributed by atoms with Crippen LogP contribution in [0.3, 0.4) is 0 Å². The van der Waals surface area contributed by atoms with Crippen molar-refractivity contribution in [2.24, 2.45) is 0 Å². The Hall–Kier alpha value is -1.85. The third kappa shape index (κ3) is 2.82. The summed E-state index contributed by atoms with van der Waals surface area (Å²) < 4.78 is 9.63. The van der Waals surface area contributed by atoms with Crippen molar-refractivity contribution in [3.05, 3.63) is 17.0 Å². The van der Waals surface area contributed by atoms with E-state index in [1.807, 2.05) is 0 Å². The van der Waals surface area contributed by atoms with E-state index >= 15 is 0 Å². The predicted octanol–water partition coefficient (Wildman–Crippen LogP) is 0.584. The second-order valence-corrected chi connectivity index (χ2v) is 3.23. The molecule has 1 aromatic heterocycles. The Balaban J connectivity index is 2.57. The Morgan fingerprint density at radius 2 is 2.12 bits per heavy atom. The molecule has 1 amide bonds. The van der Waals surface area contributed by atoms with E-state index in [2.05, 4.69) is 10.5 Å². The average molecular weight is 226 g/mol. The summed E-state index contributed by atoms with van der Waals surface area (Å²) in [6, 6.07) is 0. The number of hydrogen-bond acceptors (Lipinski definition) is 5. The van der Waals surface area contributed by atoms with Crippen LogP contribution in [-0.2, 0) is 9.53 Å². The minimum absolute atomic E-state index is 0.282. The van der Waals surface area contributed by atoms with Crippen molar-refractivity contribution in [2.75, 3.05) is 13.2 Å². The zero-order valence-electron chi connectivity index (χ0n) is 9.49. The summed E-state index contributed by atoms with van der Waals surface area (Å²) in [5, 5.41) is 6.14. The number of nitrogens with one attached hydrogen (secondary N) is 1. The van der Waals surface area contributed by atoms with Crippen LogP contribution in [0.4, 0.5) is 0 Å². The molecule has 1 N–H and O–H groups in total. The lowest BCUT2D eigenvalue weighted by Crippen LogP contribution is -2.28. The molecule has 0 aliphatic rings. The number of aromatic nitrogens is 1. The van der Waals surface area contributed by atoms with Crippen molar-refractivity contribution in [3.8, 4) is 0 Å². The monoisotopic (exact) mass is 226 g/mol. The molecule has 1 aromatic rings. The van der Waals surface area contributed by atoms with E-state index in [4.69, 9.17) is 9.26 Å². The van der Waals surface area contributed by atoms with Gasteiger partial charge in [0.1, 0.15) is 11.3 Å². The highest BCUT2D eigenvalue weighted by molar-refractivity contribution is 5.93. The largest absolute Gasteiger partial charge is 0.452 e.